The molecule has 0 heterocycles. The molecule has 110 valence electrons. The van der Waals surface area contributed by atoms with Gasteiger partial charge in [-0.05, 0) is 38.1 Å². The molecule has 1 rings (SSSR count). The van der Waals surface area contributed by atoms with Crippen LogP contribution in [0, 0.1) is 0 Å². The maximum atomic E-state index is 12.0. The van der Waals surface area contributed by atoms with E-state index in [4.69, 9.17) is 18.0 Å². The summed E-state index contributed by atoms with van der Waals surface area (Å²) in [6.07, 6.45) is -4.77. The van der Waals surface area contributed by atoms with E-state index in [1.807, 2.05) is 0 Å². The third-order valence-electron chi connectivity index (χ3n) is 2.39. The number of nitrogens with one attached hydrogen (secondary N) is 1. The van der Waals surface area contributed by atoms with Crippen LogP contribution >= 0.6 is 12.2 Å². The minimum absolute atomic E-state index is 0.0999. The largest absolute Gasteiger partial charge is 0.573 e. The van der Waals surface area contributed by atoms with E-state index in [2.05, 4.69) is 10.1 Å². The Morgan fingerprint density at radius 1 is 1.25 bits per heavy atom. The van der Waals surface area contributed by atoms with Crippen molar-refractivity contribution in [1.29, 1.82) is 0 Å². The van der Waals surface area contributed by atoms with Gasteiger partial charge in [0.1, 0.15) is 5.75 Å². The van der Waals surface area contributed by atoms with E-state index in [9.17, 15) is 18.0 Å². The van der Waals surface area contributed by atoms with Gasteiger partial charge in [-0.1, -0.05) is 12.2 Å². The first kappa shape index (κ1) is 16.2. The fraction of sp³-hybridized carbons (Fsp3) is 0.333. The molecular weight excluding hydrogens is 293 g/mol. The highest BCUT2D eigenvalue weighted by Crippen LogP contribution is 2.22. The Hall–Kier alpha value is -1.83. The molecule has 0 bridgehead atoms. The van der Waals surface area contributed by atoms with Gasteiger partial charge in [0.05, 0.1) is 10.5 Å². The highest BCUT2D eigenvalue weighted by atomic mass is 32.1. The van der Waals surface area contributed by atoms with Crippen molar-refractivity contribution in [2.75, 3.05) is 0 Å². The van der Waals surface area contributed by atoms with Crippen LogP contribution in [0.5, 0.6) is 5.75 Å². The van der Waals surface area contributed by atoms with Crippen molar-refractivity contribution in [3.05, 3.63) is 29.8 Å². The Bertz CT molecular complexity index is 512. The molecule has 0 fully saturated rings. The van der Waals surface area contributed by atoms with E-state index in [0.717, 1.165) is 12.1 Å². The summed E-state index contributed by atoms with van der Waals surface area (Å²) in [5.41, 5.74) is 4.74. The topological polar surface area (TPSA) is 64.3 Å². The number of carbonyl (C=O) groups is 1. The van der Waals surface area contributed by atoms with Crippen LogP contribution < -0.4 is 15.8 Å². The molecule has 20 heavy (non-hydrogen) atoms. The zero-order valence-corrected chi connectivity index (χ0v) is 11.6. The molecule has 0 aromatic heterocycles. The molecule has 0 aliphatic rings. The van der Waals surface area contributed by atoms with Crippen LogP contribution in [0.2, 0.25) is 0 Å². The molecule has 0 spiro atoms. The SMILES string of the molecule is CC(C)(NC(=O)c1ccc(OC(F)(F)F)cc1)C(N)=S. The summed E-state index contributed by atoms with van der Waals surface area (Å²) in [4.78, 5) is 12.0. The third kappa shape index (κ3) is 4.69. The summed E-state index contributed by atoms with van der Waals surface area (Å²) in [7, 11) is 0. The van der Waals surface area contributed by atoms with Crippen LogP contribution in [0.15, 0.2) is 24.3 Å². The lowest BCUT2D eigenvalue weighted by molar-refractivity contribution is -0.274. The number of halogens is 3. The van der Waals surface area contributed by atoms with Crippen molar-refractivity contribution in [1.82, 2.24) is 5.32 Å². The summed E-state index contributed by atoms with van der Waals surface area (Å²) >= 11 is 4.80. The number of hydrogen-bond acceptors (Lipinski definition) is 3. The Morgan fingerprint density at radius 2 is 1.75 bits per heavy atom. The highest BCUT2D eigenvalue weighted by molar-refractivity contribution is 7.80. The van der Waals surface area contributed by atoms with Crippen LogP contribution in [0.4, 0.5) is 13.2 Å². The summed E-state index contributed by atoms with van der Waals surface area (Å²) in [5, 5.41) is 2.57. The number of benzene rings is 1. The molecule has 8 heteroatoms. The van der Waals surface area contributed by atoms with Gasteiger partial charge in [-0.15, -0.1) is 13.2 Å². The molecule has 0 aliphatic heterocycles. The maximum absolute atomic E-state index is 12.0. The Kier molecular flexibility index (Phi) is 4.59. The first-order chi connectivity index (χ1) is 9.01. The molecule has 0 atom stereocenters. The van der Waals surface area contributed by atoms with E-state index in [1.54, 1.807) is 13.8 Å². The van der Waals surface area contributed by atoms with Gasteiger partial charge >= 0.3 is 6.36 Å². The van der Waals surface area contributed by atoms with Crippen molar-refractivity contribution in [3.8, 4) is 5.75 Å². The lowest BCUT2D eigenvalue weighted by Crippen LogP contribution is -2.52. The van der Waals surface area contributed by atoms with Crippen LogP contribution in [0.1, 0.15) is 24.2 Å². The monoisotopic (exact) mass is 306 g/mol. The van der Waals surface area contributed by atoms with E-state index < -0.39 is 23.6 Å². The second-order valence-electron chi connectivity index (χ2n) is 4.52. The van der Waals surface area contributed by atoms with Crippen molar-refractivity contribution in [2.45, 2.75) is 25.7 Å². The number of amides is 1. The molecule has 0 saturated heterocycles. The highest BCUT2D eigenvalue weighted by Gasteiger charge is 2.31. The van der Waals surface area contributed by atoms with Gasteiger partial charge in [0.2, 0.25) is 0 Å². The number of rotatable bonds is 4. The molecule has 1 amide bonds. The predicted octanol–water partition coefficient (Wildman–Crippen LogP) is 2.38. The first-order valence-electron chi connectivity index (χ1n) is 5.49. The number of alkyl halides is 3. The Balaban J connectivity index is 2.79. The molecule has 0 saturated carbocycles. The van der Waals surface area contributed by atoms with E-state index in [0.29, 0.717) is 0 Å². The molecule has 0 aliphatic carbocycles. The van der Waals surface area contributed by atoms with Crippen molar-refractivity contribution in [3.63, 3.8) is 0 Å². The van der Waals surface area contributed by atoms with Crippen LogP contribution in [0.25, 0.3) is 0 Å². The first-order valence-corrected chi connectivity index (χ1v) is 5.90. The fourth-order valence-corrected chi connectivity index (χ4v) is 1.28. The minimum Gasteiger partial charge on any atom is -0.406 e. The van der Waals surface area contributed by atoms with Gasteiger partial charge in [0, 0.05) is 5.56 Å². The molecule has 0 unspecified atom stereocenters. The molecule has 3 N–H and O–H groups in total. The summed E-state index contributed by atoms with van der Waals surface area (Å²) < 4.78 is 39.6. The average Bonchev–Trinajstić information content (AvgIpc) is 2.26. The van der Waals surface area contributed by atoms with E-state index >= 15 is 0 Å². The van der Waals surface area contributed by atoms with Crippen molar-refractivity contribution < 1.29 is 22.7 Å². The minimum atomic E-state index is -4.77. The maximum Gasteiger partial charge on any atom is 0.573 e. The standard InChI is InChI=1S/C12H13F3N2O2S/c1-11(2,10(16)20)17-9(18)7-3-5-8(6-4-7)19-12(13,14)15/h3-6H,1-2H3,(H2,16,20)(H,17,18). The number of hydrogen-bond donors (Lipinski definition) is 2. The zero-order chi connectivity index (χ0) is 15.6. The van der Waals surface area contributed by atoms with Gasteiger partial charge in [-0.2, -0.15) is 0 Å². The fourth-order valence-electron chi connectivity index (χ4n) is 1.23. The predicted molar refractivity (Wildman–Crippen MR) is 71.5 cm³/mol. The van der Waals surface area contributed by atoms with Crippen molar-refractivity contribution in [2.24, 2.45) is 5.73 Å². The van der Waals surface area contributed by atoms with E-state index in [-0.39, 0.29) is 10.6 Å². The smallest absolute Gasteiger partial charge is 0.406 e. The summed E-state index contributed by atoms with van der Waals surface area (Å²) in [6, 6.07) is 4.53. The molecule has 1 aromatic carbocycles. The second-order valence-corrected chi connectivity index (χ2v) is 4.96. The molecule has 1 aromatic rings. The van der Waals surface area contributed by atoms with Gasteiger partial charge < -0.3 is 15.8 Å². The van der Waals surface area contributed by atoms with Crippen LogP contribution in [0.3, 0.4) is 0 Å². The quantitative estimate of drug-likeness (QED) is 0.838. The third-order valence-corrected chi connectivity index (χ3v) is 2.90. The molecular formula is C12H13F3N2O2S. The summed E-state index contributed by atoms with van der Waals surface area (Å²) in [6.45, 7) is 3.24. The van der Waals surface area contributed by atoms with Crippen LogP contribution in [-0.4, -0.2) is 22.8 Å². The Morgan fingerprint density at radius 3 is 2.15 bits per heavy atom. The average molecular weight is 306 g/mol. The van der Waals surface area contributed by atoms with Crippen molar-refractivity contribution >= 4 is 23.1 Å². The second kappa shape index (κ2) is 5.66. The Labute approximate surface area is 119 Å². The number of ether oxygens (including phenoxy) is 1. The lowest BCUT2D eigenvalue weighted by atomic mass is 10.0. The van der Waals surface area contributed by atoms with E-state index in [1.165, 1.54) is 12.1 Å². The number of nitrogens with two attached hydrogens (primary N) is 1. The summed E-state index contributed by atoms with van der Waals surface area (Å²) in [5.74, 6) is -0.899. The van der Waals surface area contributed by atoms with Gasteiger partial charge in [-0.25, -0.2) is 0 Å². The van der Waals surface area contributed by atoms with Crippen LogP contribution in [-0.2, 0) is 0 Å². The van der Waals surface area contributed by atoms with Gasteiger partial charge in [0.15, 0.2) is 0 Å². The zero-order valence-electron chi connectivity index (χ0n) is 10.7. The lowest BCUT2D eigenvalue weighted by Gasteiger charge is -2.24. The number of thiocarbonyl (C=S) groups is 1. The van der Waals surface area contributed by atoms with Gasteiger partial charge in [0.25, 0.3) is 5.91 Å². The molecule has 0 radical (unpaired) electrons. The number of carbonyl (C=O) groups excluding carboxylic acids is 1. The normalized spacial score (nSPS) is 11.8. The van der Waals surface area contributed by atoms with Gasteiger partial charge in [-0.3, -0.25) is 4.79 Å². The molecule has 4 nitrogen and oxygen atoms in total.